The van der Waals surface area contributed by atoms with Crippen molar-refractivity contribution in [3.63, 3.8) is 0 Å². The second-order valence-corrected chi connectivity index (χ2v) is 6.91. The maximum atomic E-state index is 12.9. The quantitative estimate of drug-likeness (QED) is 0.584. The van der Waals surface area contributed by atoms with Gasteiger partial charge in [-0.05, 0) is 43.5 Å². The molecule has 0 amide bonds. The molecule has 1 aliphatic heterocycles. The molecule has 0 atom stereocenters. The van der Waals surface area contributed by atoms with E-state index >= 15 is 0 Å². The number of rotatable bonds is 2. The Morgan fingerprint density at radius 3 is 2.44 bits per heavy atom. The van der Waals surface area contributed by atoms with Crippen LogP contribution >= 0.6 is 11.6 Å². The fourth-order valence-electron chi connectivity index (χ4n) is 3.35. The largest absolute Gasteiger partial charge is 0.416 e. The number of benzene rings is 2. The molecule has 0 fully saturated rings. The Hall–Kier alpha value is -2.47. The summed E-state index contributed by atoms with van der Waals surface area (Å²) >= 11 is 6.35. The van der Waals surface area contributed by atoms with E-state index in [1.807, 2.05) is 18.2 Å². The lowest BCUT2D eigenvalue weighted by Gasteiger charge is -2.10. The van der Waals surface area contributed by atoms with Crippen molar-refractivity contribution < 1.29 is 13.2 Å². The van der Waals surface area contributed by atoms with Crippen LogP contribution in [0.4, 0.5) is 19.0 Å². The second kappa shape index (κ2) is 6.93. The summed E-state index contributed by atoms with van der Waals surface area (Å²) < 4.78 is 40.4. The third-order valence-electron chi connectivity index (χ3n) is 4.70. The van der Waals surface area contributed by atoms with Crippen LogP contribution in [-0.4, -0.2) is 16.3 Å². The van der Waals surface area contributed by atoms with E-state index in [9.17, 15) is 13.2 Å². The van der Waals surface area contributed by atoms with Gasteiger partial charge in [0.2, 0.25) is 0 Å². The summed E-state index contributed by atoms with van der Waals surface area (Å²) in [5, 5.41) is 8.68. The van der Waals surface area contributed by atoms with E-state index in [-0.39, 0.29) is 0 Å². The number of nitrogens with zero attached hydrogens (tertiary/aromatic N) is 2. The van der Waals surface area contributed by atoms with E-state index in [1.165, 1.54) is 12.1 Å². The van der Waals surface area contributed by atoms with Crippen molar-refractivity contribution >= 4 is 17.4 Å². The van der Waals surface area contributed by atoms with Gasteiger partial charge in [-0.15, -0.1) is 0 Å². The first-order chi connectivity index (χ1) is 12.9. The van der Waals surface area contributed by atoms with Gasteiger partial charge in [0, 0.05) is 17.7 Å². The number of para-hydroxylation sites is 1. The van der Waals surface area contributed by atoms with E-state index in [0.29, 0.717) is 16.3 Å². The van der Waals surface area contributed by atoms with Gasteiger partial charge in [-0.2, -0.15) is 18.3 Å². The molecule has 27 heavy (non-hydrogen) atoms. The maximum Gasteiger partial charge on any atom is 0.416 e. The molecule has 0 spiro atoms. The van der Waals surface area contributed by atoms with Crippen LogP contribution < -0.4 is 5.32 Å². The number of anilines is 1. The minimum atomic E-state index is -4.35. The Kier molecular flexibility index (Phi) is 4.60. The summed E-state index contributed by atoms with van der Waals surface area (Å²) in [6.45, 7) is 0.815. The average Bonchev–Trinajstić information content (AvgIpc) is 2.83. The van der Waals surface area contributed by atoms with Crippen molar-refractivity contribution in [2.45, 2.75) is 25.4 Å². The summed E-state index contributed by atoms with van der Waals surface area (Å²) in [4.78, 5) is 0. The summed E-state index contributed by atoms with van der Waals surface area (Å²) in [6.07, 6.45) is -1.54. The molecule has 2 heterocycles. The molecule has 3 aromatic rings. The van der Waals surface area contributed by atoms with Crippen LogP contribution in [0.25, 0.3) is 16.9 Å². The van der Waals surface area contributed by atoms with Crippen LogP contribution in [0.15, 0.2) is 48.5 Å². The fraction of sp³-hybridized carbons (Fsp3) is 0.250. The van der Waals surface area contributed by atoms with Gasteiger partial charge in [-0.25, -0.2) is 4.68 Å². The first kappa shape index (κ1) is 17.9. The van der Waals surface area contributed by atoms with E-state index in [4.69, 9.17) is 16.7 Å². The second-order valence-electron chi connectivity index (χ2n) is 6.50. The normalized spacial score (nSPS) is 14.4. The summed E-state index contributed by atoms with van der Waals surface area (Å²) in [7, 11) is 0. The monoisotopic (exact) mass is 391 g/mol. The molecule has 0 aliphatic carbocycles. The molecule has 0 bridgehead atoms. The Bertz CT molecular complexity index is 962. The Morgan fingerprint density at radius 2 is 1.74 bits per heavy atom. The molecule has 1 aliphatic rings. The Balaban J connectivity index is 1.85. The number of aromatic nitrogens is 2. The highest BCUT2D eigenvalue weighted by molar-refractivity contribution is 6.32. The van der Waals surface area contributed by atoms with Gasteiger partial charge < -0.3 is 5.32 Å². The Labute approximate surface area is 159 Å². The number of hydrogen-bond donors (Lipinski definition) is 1. The van der Waals surface area contributed by atoms with Crippen LogP contribution in [0.1, 0.15) is 24.0 Å². The lowest BCUT2D eigenvalue weighted by atomic mass is 10.0. The molecule has 140 valence electrons. The number of hydrogen-bond acceptors (Lipinski definition) is 2. The van der Waals surface area contributed by atoms with E-state index < -0.39 is 11.7 Å². The summed E-state index contributed by atoms with van der Waals surface area (Å²) in [5.41, 5.74) is 2.43. The molecule has 0 saturated carbocycles. The predicted octanol–water partition coefficient (Wildman–Crippen LogP) is 5.96. The van der Waals surface area contributed by atoms with Crippen molar-refractivity contribution in [3.8, 4) is 16.9 Å². The first-order valence-electron chi connectivity index (χ1n) is 8.73. The molecule has 1 aromatic heterocycles. The van der Waals surface area contributed by atoms with E-state index in [2.05, 4.69) is 5.32 Å². The zero-order chi connectivity index (χ0) is 19.0. The van der Waals surface area contributed by atoms with Gasteiger partial charge in [-0.3, -0.25) is 0 Å². The molecule has 0 unspecified atom stereocenters. The van der Waals surface area contributed by atoms with E-state index in [1.54, 1.807) is 10.7 Å². The molecular weight excluding hydrogens is 375 g/mol. The zero-order valence-electron chi connectivity index (χ0n) is 14.4. The van der Waals surface area contributed by atoms with E-state index in [0.717, 1.165) is 55.0 Å². The van der Waals surface area contributed by atoms with Crippen molar-refractivity contribution in [2.24, 2.45) is 0 Å². The number of nitrogens with one attached hydrogen (secondary N) is 1. The molecule has 3 nitrogen and oxygen atoms in total. The van der Waals surface area contributed by atoms with Crippen molar-refractivity contribution in [1.29, 1.82) is 0 Å². The third-order valence-corrected chi connectivity index (χ3v) is 5.02. The van der Waals surface area contributed by atoms with Gasteiger partial charge in [0.05, 0.1) is 22.0 Å². The molecule has 0 saturated heterocycles. The lowest BCUT2D eigenvalue weighted by molar-refractivity contribution is -0.137. The minimum absolute atomic E-state index is 0.563. The predicted molar refractivity (Wildman–Crippen MR) is 100 cm³/mol. The maximum absolute atomic E-state index is 12.9. The molecule has 1 N–H and O–H groups in total. The number of fused-ring (bicyclic) bond motifs is 1. The van der Waals surface area contributed by atoms with Crippen LogP contribution in [0.5, 0.6) is 0 Å². The van der Waals surface area contributed by atoms with Gasteiger partial charge in [0.15, 0.2) is 0 Å². The third kappa shape index (κ3) is 3.41. The van der Waals surface area contributed by atoms with Gasteiger partial charge in [0.25, 0.3) is 0 Å². The smallest absolute Gasteiger partial charge is 0.370 e. The molecule has 0 radical (unpaired) electrons. The number of alkyl halides is 3. The van der Waals surface area contributed by atoms with Crippen LogP contribution in [0, 0.1) is 0 Å². The summed E-state index contributed by atoms with van der Waals surface area (Å²) in [6, 6.07) is 12.5. The summed E-state index contributed by atoms with van der Waals surface area (Å²) in [5.74, 6) is 0.857. The van der Waals surface area contributed by atoms with Crippen LogP contribution in [-0.2, 0) is 12.6 Å². The van der Waals surface area contributed by atoms with Crippen LogP contribution in [0.2, 0.25) is 5.02 Å². The van der Waals surface area contributed by atoms with Crippen molar-refractivity contribution in [2.75, 3.05) is 11.9 Å². The molecular formula is C20H17ClF3N3. The Morgan fingerprint density at radius 1 is 1.00 bits per heavy atom. The van der Waals surface area contributed by atoms with Crippen molar-refractivity contribution in [1.82, 2.24) is 9.78 Å². The van der Waals surface area contributed by atoms with Gasteiger partial charge >= 0.3 is 6.18 Å². The first-order valence-corrected chi connectivity index (χ1v) is 9.11. The SMILES string of the molecule is FC(F)(F)c1ccc(-c2nn(-c3ccccc3Cl)c3c2CCCCN3)cc1. The average molecular weight is 392 g/mol. The minimum Gasteiger partial charge on any atom is -0.370 e. The van der Waals surface area contributed by atoms with Crippen molar-refractivity contribution in [3.05, 3.63) is 64.7 Å². The molecule has 2 aromatic carbocycles. The molecule has 7 heteroatoms. The van der Waals surface area contributed by atoms with Gasteiger partial charge in [-0.1, -0.05) is 35.9 Å². The zero-order valence-corrected chi connectivity index (χ0v) is 15.1. The standard InChI is InChI=1S/C20H17ClF3N3/c21-16-6-1-2-7-17(16)27-19-15(5-3-4-12-25-19)18(26-27)13-8-10-14(11-9-13)20(22,23)24/h1-2,6-11,25H,3-5,12H2. The lowest BCUT2D eigenvalue weighted by Crippen LogP contribution is -2.07. The highest BCUT2D eigenvalue weighted by atomic mass is 35.5. The highest BCUT2D eigenvalue weighted by Gasteiger charge is 2.30. The van der Waals surface area contributed by atoms with Gasteiger partial charge in [0.1, 0.15) is 5.82 Å². The topological polar surface area (TPSA) is 29.9 Å². The fourth-order valence-corrected chi connectivity index (χ4v) is 3.56. The number of halogens is 4. The van der Waals surface area contributed by atoms with Crippen LogP contribution in [0.3, 0.4) is 0 Å². The molecule has 4 rings (SSSR count). The highest BCUT2D eigenvalue weighted by Crippen LogP contribution is 2.37.